The fourth-order valence-corrected chi connectivity index (χ4v) is 3.86. The van der Waals surface area contributed by atoms with Gasteiger partial charge in [0, 0.05) is 22.8 Å². The lowest BCUT2D eigenvalue weighted by molar-refractivity contribution is -0.384. The molecule has 0 aromatic heterocycles. The minimum absolute atomic E-state index is 0.0745. The van der Waals surface area contributed by atoms with Crippen molar-refractivity contribution in [3.63, 3.8) is 0 Å². The van der Waals surface area contributed by atoms with E-state index >= 15 is 0 Å². The quantitative estimate of drug-likeness (QED) is 0.579. The molecule has 27 heavy (non-hydrogen) atoms. The summed E-state index contributed by atoms with van der Waals surface area (Å²) in [6, 6.07) is 9.04. The summed E-state index contributed by atoms with van der Waals surface area (Å²) in [4.78, 5) is 23.0. The molecule has 1 amide bonds. The van der Waals surface area contributed by atoms with Crippen LogP contribution in [0.2, 0.25) is 5.02 Å². The van der Waals surface area contributed by atoms with Crippen LogP contribution in [0.3, 0.4) is 0 Å². The van der Waals surface area contributed by atoms with Gasteiger partial charge in [-0.2, -0.15) is 0 Å². The smallest absolute Gasteiger partial charge is 0.271 e. The van der Waals surface area contributed by atoms with Gasteiger partial charge in [-0.25, -0.2) is 8.42 Å². The maximum Gasteiger partial charge on any atom is 0.271 e. The van der Waals surface area contributed by atoms with Crippen molar-refractivity contribution < 1.29 is 18.1 Å². The number of sulfonamides is 1. The molecule has 0 radical (unpaired) electrons. The molecule has 10 heteroatoms. The Morgan fingerprint density at radius 3 is 2.33 bits per heavy atom. The van der Waals surface area contributed by atoms with E-state index in [1.165, 1.54) is 19.1 Å². The Bertz CT molecular complexity index is 977. The molecule has 0 heterocycles. The number of carbonyl (C=O) groups is 1. The molecule has 0 saturated heterocycles. The topological polar surface area (TPSA) is 110 Å². The first-order valence-corrected chi connectivity index (χ1v) is 10.0. The van der Waals surface area contributed by atoms with Crippen LogP contribution in [0.25, 0.3) is 0 Å². The first-order valence-electron chi connectivity index (χ1n) is 7.81. The van der Waals surface area contributed by atoms with E-state index in [1.807, 2.05) is 0 Å². The van der Waals surface area contributed by atoms with Crippen LogP contribution >= 0.6 is 11.6 Å². The number of non-ortho nitro benzene ring substituents is 1. The Morgan fingerprint density at radius 1 is 1.22 bits per heavy atom. The Hall–Kier alpha value is -2.65. The van der Waals surface area contributed by atoms with Crippen LogP contribution in [-0.2, 0) is 14.8 Å². The first kappa shape index (κ1) is 20.7. The SMILES string of the molecule is Cc1ccc([N+](=O)[O-])cc1N([C@@H](C)C(=O)Nc1ccc(Cl)cc1)S(C)(=O)=O. The number of aryl methyl sites for hydroxylation is 1. The molecule has 2 aromatic carbocycles. The molecule has 2 aromatic rings. The second kappa shape index (κ2) is 7.93. The Morgan fingerprint density at radius 2 is 1.81 bits per heavy atom. The van der Waals surface area contributed by atoms with E-state index in [0.29, 0.717) is 16.3 Å². The van der Waals surface area contributed by atoms with Crippen molar-refractivity contribution in [2.24, 2.45) is 0 Å². The summed E-state index contributed by atoms with van der Waals surface area (Å²) in [7, 11) is -3.90. The lowest BCUT2D eigenvalue weighted by Crippen LogP contribution is -2.45. The summed E-state index contributed by atoms with van der Waals surface area (Å²) < 4.78 is 25.6. The fourth-order valence-electron chi connectivity index (χ4n) is 2.51. The van der Waals surface area contributed by atoms with E-state index < -0.39 is 26.9 Å². The van der Waals surface area contributed by atoms with Gasteiger partial charge in [-0.3, -0.25) is 19.2 Å². The van der Waals surface area contributed by atoms with Crippen molar-refractivity contribution in [3.05, 3.63) is 63.2 Å². The van der Waals surface area contributed by atoms with E-state index in [4.69, 9.17) is 11.6 Å². The minimum atomic E-state index is -3.90. The van der Waals surface area contributed by atoms with Crippen LogP contribution in [0.1, 0.15) is 12.5 Å². The number of nitrogens with zero attached hydrogens (tertiary/aromatic N) is 2. The third kappa shape index (κ3) is 4.95. The van der Waals surface area contributed by atoms with Gasteiger partial charge in [0.15, 0.2) is 0 Å². The molecule has 2 rings (SSSR count). The van der Waals surface area contributed by atoms with E-state index in [1.54, 1.807) is 31.2 Å². The van der Waals surface area contributed by atoms with Gasteiger partial charge in [0.25, 0.3) is 5.69 Å². The summed E-state index contributed by atoms with van der Waals surface area (Å²) >= 11 is 5.80. The average Bonchev–Trinajstić information content (AvgIpc) is 2.57. The molecule has 0 aliphatic carbocycles. The van der Waals surface area contributed by atoms with E-state index in [-0.39, 0.29) is 11.4 Å². The molecule has 0 unspecified atom stereocenters. The number of halogens is 1. The van der Waals surface area contributed by atoms with Crippen LogP contribution < -0.4 is 9.62 Å². The average molecular weight is 412 g/mol. The predicted molar refractivity (Wildman–Crippen MR) is 105 cm³/mol. The van der Waals surface area contributed by atoms with Crippen molar-refractivity contribution in [2.75, 3.05) is 15.9 Å². The molecule has 1 atom stereocenters. The highest BCUT2D eigenvalue weighted by molar-refractivity contribution is 7.92. The lowest BCUT2D eigenvalue weighted by atomic mass is 10.1. The highest BCUT2D eigenvalue weighted by Crippen LogP contribution is 2.29. The molecule has 0 saturated carbocycles. The third-order valence-electron chi connectivity index (χ3n) is 3.84. The van der Waals surface area contributed by atoms with Gasteiger partial charge in [0.05, 0.1) is 16.9 Å². The van der Waals surface area contributed by atoms with Crippen LogP contribution in [0.4, 0.5) is 17.1 Å². The standard InChI is InChI=1S/C17H18ClN3O5S/c1-11-4-9-15(21(23)24)10-16(11)20(27(3,25)26)12(2)17(22)19-14-7-5-13(18)6-8-14/h4-10,12H,1-3H3,(H,19,22)/t12-/m0/s1. The molecule has 144 valence electrons. The lowest BCUT2D eigenvalue weighted by Gasteiger charge is -2.29. The van der Waals surface area contributed by atoms with Gasteiger partial charge < -0.3 is 5.32 Å². The zero-order chi connectivity index (χ0) is 20.4. The molecule has 0 spiro atoms. The van der Waals surface area contributed by atoms with Crippen LogP contribution in [0, 0.1) is 17.0 Å². The predicted octanol–water partition coefficient (Wildman–Crippen LogP) is 3.35. The van der Waals surface area contributed by atoms with Gasteiger partial charge in [0.2, 0.25) is 15.9 Å². The largest absolute Gasteiger partial charge is 0.324 e. The molecular formula is C17H18ClN3O5S. The fraction of sp³-hybridized carbons (Fsp3) is 0.235. The zero-order valence-electron chi connectivity index (χ0n) is 14.8. The van der Waals surface area contributed by atoms with Gasteiger partial charge in [-0.1, -0.05) is 17.7 Å². The molecule has 0 bridgehead atoms. The maximum absolute atomic E-state index is 12.6. The number of benzene rings is 2. The molecule has 0 aliphatic heterocycles. The number of anilines is 2. The van der Waals surface area contributed by atoms with E-state index in [9.17, 15) is 23.3 Å². The third-order valence-corrected chi connectivity index (χ3v) is 5.32. The minimum Gasteiger partial charge on any atom is -0.324 e. The van der Waals surface area contributed by atoms with E-state index in [0.717, 1.165) is 16.6 Å². The normalized spacial score (nSPS) is 12.3. The summed E-state index contributed by atoms with van der Waals surface area (Å²) in [5.41, 5.74) is 0.734. The first-order chi connectivity index (χ1) is 12.5. The van der Waals surface area contributed by atoms with Crippen LogP contribution in [0.5, 0.6) is 0 Å². The second-order valence-electron chi connectivity index (χ2n) is 5.96. The summed E-state index contributed by atoms with van der Waals surface area (Å²) in [5, 5.41) is 14.2. The number of nitro benzene ring substituents is 1. The van der Waals surface area contributed by atoms with Crippen molar-refractivity contribution in [2.45, 2.75) is 19.9 Å². The molecule has 0 fully saturated rings. The van der Waals surface area contributed by atoms with Crippen LogP contribution in [-0.4, -0.2) is 31.5 Å². The maximum atomic E-state index is 12.6. The number of hydrogen-bond acceptors (Lipinski definition) is 5. The number of hydrogen-bond donors (Lipinski definition) is 1. The van der Waals surface area contributed by atoms with Crippen molar-refractivity contribution in [1.29, 1.82) is 0 Å². The van der Waals surface area contributed by atoms with Gasteiger partial charge in [0.1, 0.15) is 6.04 Å². The summed E-state index contributed by atoms with van der Waals surface area (Å²) in [6.45, 7) is 3.02. The van der Waals surface area contributed by atoms with Gasteiger partial charge >= 0.3 is 0 Å². The summed E-state index contributed by atoms with van der Waals surface area (Å²) in [5.74, 6) is -0.589. The highest BCUT2D eigenvalue weighted by Gasteiger charge is 2.31. The second-order valence-corrected chi connectivity index (χ2v) is 8.25. The van der Waals surface area contributed by atoms with E-state index in [2.05, 4.69) is 5.32 Å². The van der Waals surface area contributed by atoms with Crippen LogP contribution in [0.15, 0.2) is 42.5 Å². The Kier molecular flexibility index (Phi) is 6.07. The molecule has 1 N–H and O–H groups in total. The molecule has 8 nitrogen and oxygen atoms in total. The number of amides is 1. The molecular weight excluding hydrogens is 394 g/mol. The number of nitro groups is 1. The Labute approximate surface area is 162 Å². The van der Waals surface area contributed by atoms with Crippen molar-refractivity contribution >= 4 is 44.6 Å². The molecule has 0 aliphatic rings. The zero-order valence-corrected chi connectivity index (χ0v) is 16.4. The number of rotatable bonds is 6. The summed E-state index contributed by atoms with van der Waals surface area (Å²) in [6.07, 6.45) is 0.942. The highest BCUT2D eigenvalue weighted by atomic mass is 35.5. The van der Waals surface area contributed by atoms with Gasteiger partial charge in [-0.15, -0.1) is 0 Å². The van der Waals surface area contributed by atoms with Crippen molar-refractivity contribution in [3.8, 4) is 0 Å². The number of nitrogens with one attached hydrogen (secondary N) is 1. The Balaban J connectivity index is 2.42. The van der Waals surface area contributed by atoms with Crippen molar-refractivity contribution in [1.82, 2.24) is 0 Å². The number of carbonyl (C=O) groups excluding carboxylic acids is 1. The monoisotopic (exact) mass is 411 g/mol. The van der Waals surface area contributed by atoms with Gasteiger partial charge in [-0.05, 0) is 43.7 Å².